The lowest BCUT2D eigenvalue weighted by Crippen LogP contribution is -2.34. The van der Waals surface area contributed by atoms with Gasteiger partial charge in [-0.3, -0.25) is 11.3 Å². The van der Waals surface area contributed by atoms with E-state index in [0.29, 0.717) is 5.92 Å². The number of halogens is 2. The van der Waals surface area contributed by atoms with E-state index < -0.39 is 0 Å². The summed E-state index contributed by atoms with van der Waals surface area (Å²) < 4.78 is 2.43. The van der Waals surface area contributed by atoms with Crippen molar-refractivity contribution in [1.82, 2.24) is 5.43 Å². The van der Waals surface area contributed by atoms with Crippen LogP contribution in [0.2, 0.25) is 0 Å². The van der Waals surface area contributed by atoms with E-state index in [2.05, 4.69) is 62.1 Å². The first kappa shape index (κ1) is 14.8. The Kier molecular flexibility index (Phi) is 5.92. The summed E-state index contributed by atoms with van der Waals surface area (Å²) in [6.45, 7) is 0. The fraction of sp³-hybridized carbons (Fsp3) is 0.571. The summed E-state index contributed by atoms with van der Waals surface area (Å²) in [4.78, 5) is 0. The molecule has 0 aliphatic heterocycles. The molecule has 0 amide bonds. The number of nitrogens with one attached hydrogen (secondary N) is 1. The molecule has 2 rings (SSSR count). The quantitative estimate of drug-likeness (QED) is 0.325. The maximum Gasteiger partial charge on any atom is 0.0499 e. The van der Waals surface area contributed by atoms with Crippen LogP contribution in [0.15, 0.2) is 22.7 Å². The minimum Gasteiger partial charge on any atom is -0.271 e. The highest BCUT2D eigenvalue weighted by atomic mass is 127. The number of benzene rings is 1. The third-order valence-electron chi connectivity index (χ3n) is 3.84. The van der Waals surface area contributed by atoms with Crippen LogP contribution in [0.4, 0.5) is 0 Å². The van der Waals surface area contributed by atoms with Gasteiger partial charge in [0.1, 0.15) is 0 Å². The lowest BCUT2D eigenvalue weighted by atomic mass is 9.87. The zero-order valence-corrected chi connectivity index (χ0v) is 14.2. The van der Waals surface area contributed by atoms with E-state index in [4.69, 9.17) is 5.84 Å². The number of rotatable bonds is 3. The van der Waals surface area contributed by atoms with Crippen LogP contribution in [0.1, 0.15) is 50.1 Å². The summed E-state index contributed by atoms with van der Waals surface area (Å²) in [7, 11) is 0. The molecule has 0 heterocycles. The number of nitrogens with two attached hydrogens (primary N) is 1. The second-order valence-corrected chi connectivity index (χ2v) is 7.14. The summed E-state index contributed by atoms with van der Waals surface area (Å²) in [5.41, 5.74) is 4.39. The van der Waals surface area contributed by atoms with Gasteiger partial charge in [0.05, 0.1) is 0 Å². The number of hydrazine groups is 1. The van der Waals surface area contributed by atoms with Crippen molar-refractivity contribution in [3.05, 3.63) is 31.8 Å². The zero-order chi connectivity index (χ0) is 13.0. The maximum atomic E-state index is 5.84. The van der Waals surface area contributed by atoms with Gasteiger partial charge < -0.3 is 0 Å². The number of hydrogen-bond acceptors (Lipinski definition) is 2. The molecule has 1 aromatic carbocycles. The van der Waals surface area contributed by atoms with Crippen LogP contribution in [0.5, 0.6) is 0 Å². The van der Waals surface area contributed by atoms with Crippen LogP contribution in [0.3, 0.4) is 0 Å². The standard InChI is InChI=1S/C14H20BrIN2/c15-11-7-8-13(16)12(9-11)14(18-17)10-5-3-1-2-4-6-10/h7-10,14,18H,1-6,17H2. The van der Waals surface area contributed by atoms with Gasteiger partial charge in [-0.1, -0.05) is 41.6 Å². The van der Waals surface area contributed by atoms with Gasteiger partial charge in [-0.05, 0) is 65.1 Å². The van der Waals surface area contributed by atoms with Crippen LogP contribution in [-0.2, 0) is 0 Å². The molecule has 1 fully saturated rings. The second-order valence-electron chi connectivity index (χ2n) is 5.06. The van der Waals surface area contributed by atoms with Crippen molar-refractivity contribution in [2.24, 2.45) is 11.8 Å². The zero-order valence-electron chi connectivity index (χ0n) is 10.5. The predicted molar refractivity (Wildman–Crippen MR) is 88.1 cm³/mol. The molecule has 0 bridgehead atoms. The minimum absolute atomic E-state index is 0.285. The van der Waals surface area contributed by atoms with Crippen molar-refractivity contribution in [2.75, 3.05) is 0 Å². The van der Waals surface area contributed by atoms with Crippen molar-refractivity contribution >= 4 is 38.5 Å². The molecule has 3 N–H and O–H groups in total. The average Bonchev–Trinajstić information content (AvgIpc) is 2.64. The predicted octanol–water partition coefficient (Wildman–Crippen LogP) is 4.53. The molecule has 4 heteroatoms. The van der Waals surface area contributed by atoms with Gasteiger partial charge in [0.2, 0.25) is 0 Å². The number of hydrogen-bond donors (Lipinski definition) is 2. The summed E-state index contributed by atoms with van der Waals surface area (Å²) >= 11 is 5.97. The molecule has 0 saturated heterocycles. The monoisotopic (exact) mass is 422 g/mol. The molecule has 0 spiro atoms. The van der Waals surface area contributed by atoms with E-state index in [0.717, 1.165) is 4.47 Å². The van der Waals surface area contributed by atoms with Crippen molar-refractivity contribution in [1.29, 1.82) is 0 Å². The molecule has 1 aromatic rings. The second kappa shape index (κ2) is 7.22. The van der Waals surface area contributed by atoms with Gasteiger partial charge in [0.15, 0.2) is 0 Å². The fourth-order valence-corrected chi connectivity index (χ4v) is 3.93. The van der Waals surface area contributed by atoms with Crippen molar-refractivity contribution in [3.8, 4) is 0 Å². The molecule has 0 aromatic heterocycles. The van der Waals surface area contributed by atoms with Crippen molar-refractivity contribution in [3.63, 3.8) is 0 Å². The van der Waals surface area contributed by atoms with Gasteiger partial charge in [0, 0.05) is 14.1 Å². The normalized spacial score (nSPS) is 19.5. The minimum atomic E-state index is 0.285. The molecule has 0 radical (unpaired) electrons. The lowest BCUT2D eigenvalue weighted by Gasteiger charge is -2.27. The topological polar surface area (TPSA) is 38.0 Å². The molecule has 1 unspecified atom stereocenters. The van der Waals surface area contributed by atoms with Crippen molar-refractivity contribution < 1.29 is 0 Å². The Bertz CT molecular complexity index is 389. The Morgan fingerprint density at radius 2 is 1.89 bits per heavy atom. The fourth-order valence-electron chi connectivity index (χ4n) is 2.88. The Labute approximate surface area is 131 Å². The molecule has 100 valence electrons. The van der Waals surface area contributed by atoms with Gasteiger partial charge >= 0.3 is 0 Å². The van der Waals surface area contributed by atoms with Crippen molar-refractivity contribution in [2.45, 2.75) is 44.6 Å². The summed E-state index contributed by atoms with van der Waals surface area (Å²) in [6.07, 6.45) is 8.02. The van der Waals surface area contributed by atoms with Gasteiger partial charge in [0.25, 0.3) is 0 Å². The molecule has 1 saturated carbocycles. The Morgan fingerprint density at radius 1 is 1.22 bits per heavy atom. The SMILES string of the molecule is NNC(c1cc(Br)ccc1I)C1CCCCCC1. The smallest absolute Gasteiger partial charge is 0.0499 e. The molecule has 2 nitrogen and oxygen atoms in total. The molecular formula is C14H20BrIN2. The largest absolute Gasteiger partial charge is 0.271 e. The third kappa shape index (κ3) is 3.68. The lowest BCUT2D eigenvalue weighted by molar-refractivity contribution is 0.328. The van der Waals surface area contributed by atoms with E-state index in [-0.39, 0.29) is 6.04 Å². The first-order valence-corrected chi connectivity index (χ1v) is 8.50. The summed E-state index contributed by atoms with van der Waals surface area (Å²) in [5, 5.41) is 0. The summed E-state index contributed by atoms with van der Waals surface area (Å²) in [6, 6.07) is 6.73. The molecule has 18 heavy (non-hydrogen) atoms. The van der Waals surface area contributed by atoms with Crippen LogP contribution < -0.4 is 11.3 Å². The Balaban J connectivity index is 2.23. The van der Waals surface area contributed by atoms with E-state index in [1.165, 1.54) is 47.7 Å². The van der Waals surface area contributed by atoms with Gasteiger partial charge in [-0.2, -0.15) is 0 Å². The highest BCUT2D eigenvalue weighted by Gasteiger charge is 2.24. The Morgan fingerprint density at radius 3 is 2.50 bits per heavy atom. The van der Waals surface area contributed by atoms with E-state index in [1.807, 2.05) is 0 Å². The highest BCUT2D eigenvalue weighted by molar-refractivity contribution is 14.1. The molecule has 1 aliphatic rings. The van der Waals surface area contributed by atoms with E-state index in [9.17, 15) is 0 Å². The molecule has 1 atom stereocenters. The first-order chi connectivity index (χ1) is 8.72. The highest BCUT2D eigenvalue weighted by Crippen LogP contribution is 2.35. The molecular weight excluding hydrogens is 403 g/mol. The average molecular weight is 423 g/mol. The van der Waals surface area contributed by atoms with Gasteiger partial charge in [-0.25, -0.2) is 0 Å². The Hall–Kier alpha value is 0.350. The van der Waals surface area contributed by atoms with E-state index in [1.54, 1.807) is 0 Å². The van der Waals surface area contributed by atoms with Gasteiger partial charge in [-0.15, -0.1) is 0 Å². The van der Waals surface area contributed by atoms with Crippen LogP contribution in [0, 0.1) is 9.49 Å². The van der Waals surface area contributed by atoms with E-state index >= 15 is 0 Å². The summed E-state index contributed by atoms with van der Waals surface area (Å²) in [5.74, 6) is 6.50. The maximum absolute atomic E-state index is 5.84. The third-order valence-corrected chi connectivity index (χ3v) is 5.32. The first-order valence-electron chi connectivity index (χ1n) is 6.63. The molecule has 1 aliphatic carbocycles. The van der Waals surface area contributed by atoms with Crippen LogP contribution in [0.25, 0.3) is 0 Å². The van der Waals surface area contributed by atoms with Crippen LogP contribution >= 0.6 is 38.5 Å². The van der Waals surface area contributed by atoms with Crippen LogP contribution in [-0.4, -0.2) is 0 Å².